The first-order chi connectivity index (χ1) is 16.1. The zero-order valence-electron chi connectivity index (χ0n) is 17.5. The number of carbonyl (C=O) groups excluding carboxylic acids is 1. The molecule has 1 heterocycles. The van der Waals surface area contributed by atoms with Crippen LogP contribution in [0, 0.1) is 0 Å². The van der Waals surface area contributed by atoms with Crippen LogP contribution >= 0.6 is 11.6 Å². The van der Waals surface area contributed by atoms with Gasteiger partial charge in [0.25, 0.3) is 0 Å². The zero-order valence-corrected chi connectivity index (χ0v) is 19.1. The van der Waals surface area contributed by atoms with Crippen LogP contribution in [0.1, 0.15) is 11.1 Å². The van der Waals surface area contributed by atoms with Crippen molar-refractivity contribution < 1.29 is 26.4 Å². The summed E-state index contributed by atoms with van der Waals surface area (Å²) in [5, 5.41) is 3.00. The predicted octanol–water partition coefficient (Wildman–Crippen LogP) is 5.77. The van der Waals surface area contributed by atoms with Crippen molar-refractivity contribution >= 4 is 43.9 Å². The van der Waals surface area contributed by atoms with Crippen molar-refractivity contribution in [3.63, 3.8) is 0 Å². The molecule has 0 aliphatic rings. The lowest BCUT2D eigenvalue weighted by Crippen LogP contribution is -2.24. The molecule has 34 heavy (non-hydrogen) atoms. The number of aromatic nitrogens is 1. The summed E-state index contributed by atoms with van der Waals surface area (Å²) >= 11 is 6.25. The molecule has 5 nitrogen and oxygen atoms in total. The Morgan fingerprint density at radius 2 is 1.59 bits per heavy atom. The molecule has 0 aliphatic heterocycles. The molecule has 0 bridgehead atoms. The molecule has 0 aliphatic carbocycles. The maximum Gasteiger partial charge on any atom is 0.418 e. The van der Waals surface area contributed by atoms with E-state index in [1.807, 2.05) is 12.1 Å². The summed E-state index contributed by atoms with van der Waals surface area (Å²) < 4.78 is 67.6. The van der Waals surface area contributed by atoms with Crippen LogP contribution in [0.25, 0.3) is 10.9 Å². The first-order valence-electron chi connectivity index (χ1n) is 10.1. The van der Waals surface area contributed by atoms with Crippen LogP contribution in [-0.4, -0.2) is 24.6 Å². The van der Waals surface area contributed by atoms with E-state index >= 15 is 0 Å². The van der Waals surface area contributed by atoms with Gasteiger partial charge in [0, 0.05) is 28.7 Å². The van der Waals surface area contributed by atoms with E-state index in [1.54, 1.807) is 41.0 Å². The van der Waals surface area contributed by atoms with E-state index in [4.69, 9.17) is 11.6 Å². The Bertz CT molecular complexity index is 1480. The number of para-hydroxylation sites is 2. The van der Waals surface area contributed by atoms with Crippen molar-refractivity contribution in [2.24, 2.45) is 0 Å². The second-order valence-electron chi connectivity index (χ2n) is 7.58. The van der Waals surface area contributed by atoms with Crippen LogP contribution in [0.5, 0.6) is 0 Å². The second kappa shape index (κ2) is 9.15. The maximum atomic E-state index is 13.2. The highest BCUT2D eigenvalue weighted by molar-refractivity contribution is 7.92. The fraction of sp³-hybridized carbons (Fsp3) is 0.125. The maximum absolute atomic E-state index is 13.2. The van der Waals surface area contributed by atoms with E-state index in [-0.39, 0.29) is 4.90 Å². The van der Waals surface area contributed by atoms with E-state index < -0.39 is 38.9 Å². The average molecular weight is 507 g/mol. The molecule has 4 aromatic rings. The van der Waals surface area contributed by atoms with Crippen LogP contribution < -0.4 is 5.32 Å². The van der Waals surface area contributed by atoms with Crippen molar-refractivity contribution in [3.8, 4) is 0 Å². The third-order valence-corrected chi connectivity index (χ3v) is 7.22. The molecular weight excluding hydrogens is 489 g/mol. The van der Waals surface area contributed by atoms with Gasteiger partial charge in [0.15, 0.2) is 9.84 Å². The number of amides is 1. The lowest BCUT2D eigenvalue weighted by molar-refractivity contribution is -0.137. The number of rotatable bonds is 6. The molecule has 1 aromatic heterocycles. The first-order valence-corrected chi connectivity index (χ1v) is 12.1. The number of nitrogens with one attached hydrogen (secondary N) is 1. The number of alkyl halides is 3. The molecule has 0 radical (unpaired) electrons. The highest BCUT2D eigenvalue weighted by Crippen LogP contribution is 2.35. The second-order valence-corrected chi connectivity index (χ2v) is 9.95. The number of carbonyl (C=O) groups is 1. The Balaban J connectivity index is 1.64. The van der Waals surface area contributed by atoms with Gasteiger partial charge in [0.05, 0.1) is 16.1 Å². The number of nitrogens with zero attached hydrogens (tertiary/aromatic N) is 1. The topological polar surface area (TPSA) is 68.2 Å². The Labute approximate surface area is 198 Å². The van der Waals surface area contributed by atoms with Crippen molar-refractivity contribution in [2.75, 3.05) is 11.1 Å². The first kappa shape index (κ1) is 23.8. The van der Waals surface area contributed by atoms with Crippen LogP contribution in [-0.2, 0) is 27.4 Å². The summed E-state index contributed by atoms with van der Waals surface area (Å²) in [5.41, 5.74) is -0.173. The summed E-state index contributed by atoms with van der Waals surface area (Å²) in [6, 6.07) is 18.3. The summed E-state index contributed by atoms with van der Waals surface area (Å²) in [6.45, 7) is 0.293. The Morgan fingerprint density at radius 1 is 0.941 bits per heavy atom. The quantitative estimate of drug-likeness (QED) is 0.361. The van der Waals surface area contributed by atoms with Gasteiger partial charge in [-0.15, -0.1) is 0 Å². The molecule has 1 amide bonds. The van der Waals surface area contributed by atoms with Gasteiger partial charge < -0.3 is 9.88 Å². The third kappa shape index (κ3) is 4.95. The minimum absolute atomic E-state index is 0.0885. The molecule has 10 heteroatoms. The lowest BCUT2D eigenvalue weighted by atomic mass is 10.1. The van der Waals surface area contributed by atoms with Crippen LogP contribution in [0.4, 0.5) is 18.9 Å². The van der Waals surface area contributed by atoms with Gasteiger partial charge in [-0.3, -0.25) is 4.79 Å². The Hall–Kier alpha value is -3.30. The van der Waals surface area contributed by atoms with Crippen LogP contribution in [0.3, 0.4) is 0 Å². The molecular formula is C24H18ClF3N2O3S. The summed E-state index contributed by atoms with van der Waals surface area (Å²) in [7, 11) is -4.18. The summed E-state index contributed by atoms with van der Waals surface area (Å²) in [4.78, 5) is 12.4. The summed E-state index contributed by atoms with van der Waals surface area (Å²) in [5.74, 6) is -2.08. The molecule has 0 saturated heterocycles. The number of anilines is 1. The lowest BCUT2D eigenvalue weighted by Gasteiger charge is -2.13. The highest BCUT2D eigenvalue weighted by Gasteiger charge is 2.34. The molecule has 3 aromatic carbocycles. The van der Waals surface area contributed by atoms with E-state index in [0.717, 1.165) is 17.7 Å². The predicted molar refractivity (Wildman–Crippen MR) is 125 cm³/mol. The monoisotopic (exact) mass is 506 g/mol. The van der Waals surface area contributed by atoms with E-state index in [1.165, 1.54) is 18.3 Å². The molecule has 0 spiro atoms. The van der Waals surface area contributed by atoms with Crippen molar-refractivity contribution in [2.45, 2.75) is 17.6 Å². The molecule has 176 valence electrons. The SMILES string of the molecule is O=C(CS(=O)(=O)c1cn(Cc2ccccc2Cl)c2ccccc12)Nc1ccccc1C(F)(F)F. The molecule has 0 saturated carbocycles. The Morgan fingerprint density at radius 3 is 2.32 bits per heavy atom. The van der Waals surface area contributed by atoms with Gasteiger partial charge in [-0.2, -0.15) is 13.2 Å². The molecule has 0 fully saturated rings. The van der Waals surface area contributed by atoms with E-state index in [2.05, 4.69) is 5.32 Å². The normalized spacial score (nSPS) is 12.1. The number of hydrogen-bond acceptors (Lipinski definition) is 3. The zero-order chi connectivity index (χ0) is 24.5. The molecule has 1 N–H and O–H groups in total. The van der Waals surface area contributed by atoms with Gasteiger partial charge in [0.2, 0.25) is 5.91 Å². The van der Waals surface area contributed by atoms with Gasteiger partial charge in [-0.1, -0.05) is 60.1 Å². The number of benzene rings is 3. The van der Waals surface area contributed by atoms with E-state index in [9.17, 15) is 26.4 Å². The Kier molecular flexibility index (Phi) is 6.42. The minimum atomic E-state index is -4.70. The van der Waals surface area contributed by atoms with Crippen molar-refractivity contribution in [3.05, 3.63) is 95.1 Å². The van der Waals surface area contributed by atoms with Gasteiger partial charge in [0.1, 0.15) is 5.75 Å². The standard InChI is InChI=1S/C24H18ClF3N2O3S/c25-19-10-4-1-7-16(19)13-30-14-22(17-8-2-6-12-21(17)30)34(32,33)15-23(31)29-20-11-5-3-9-18(20)24(26,27)28/h1-12,14H,13,15H2,(H,29,31). The van der Waals surface area contributed by atoms with Gasteiger partial charge in [-0.25, -0.2) is 8.42 Å². The smallest absolute Gasteiger partial charge is 0.342 e. The number of sulfone groups is 1. The van der Waals surface area contributed by atoms with Gasteiger partial charge >= 0.3 is 6.18 Å². The fourth-order valence-corrected chi connectivity index (χ4v) is 5.24. The van der Waals surface area contributed by atoms with E-state index in [0.29, 0.717) is 22.5 Å². The van der Waals surface area contributed by atoms with Crippen molar-refractivity contribution in [1.82, 2.24) is 4.57 Å². The molecule has 0 unspecified atom stereocenters. The molecule has 4 rings (SSSR count). The number of hydrogen-bond donors (Lipinski definition) is 1. The third-order valence-electron chi connectivity index (χ3n) is 5.21. The minimum Gasteiger partial charge on any atom is -0.342 e. The van der Waals surface area contributed by atoms with Crippen LogP contribution in [0.15, 0.2) is 83.9 Å². The average Bonchev–Trinajstić information content (AvgIpc) is 3.14. The van der Waals surface area contributed by atoms with Crippen molar-refractivity contribution in [1.29, 1.82) is 0 Å². The highest BCUT2D eigenvalue weighted by atomic mass is 35.5. The fourth-order valence-electron chi connectivity index (χ4n) is 3.68. The van der Waals surface area contributed by atoms with Crippen LogP contribution in [0.2, 0.25) is 5.02 Å². The summed E-state index contributed by atoms with van der Waals surface area (Å²) in [6.07, 6.45) is -3.28. The molecule has 0 atom stereocenters. The van der Waals surface area contributed by atoms with Gasteiger partial charge in [-0.05, 0) is 29.8 Å². The largest absolute Gasteiger partial charge is 0.418 e. The number of fused-ring (bicyclic) bond motifs is 1. The number of halogens is 4.